The van der Waals surface area contributed by atoms with Crippen molar-refractivity contribution in [2.45, 2.75) is 30.6 Å². The van der Waals surface area contributed by atoms with Crippen molar-refractivity contribution in [3.63, 3.8) is 0 Å². The van der Waals surface area contributed by atoms with E-state index in [-0.39, 0.29) is 12.1 Å². The van der Waals surface area contributed by atoms with Gasteiger partial charge in [0.05, 0.1) is 6.04 Å². The summed E-state index contributed by atoms with van der Waals surface area (Å²) in [5, 5.41) is 2.73. The Kier molecular flexibility index (Phi) is 3.17. The smallest absolute Gasteiger partial charge is 0.407 e. The second kappa shape index (κ2) is 3.95. The minimum Gasteiger partial charge on any atom is -0.447 e. The van der Waals surface area contributed by atoms with Gasteiger partial charge >= 0.3 is 6.09 Å². The van der Waals surface area contributed by atoms with Gasteiger partial charge in [0.25, 0.3) is 0 Å². The van der Waals surface area contributed by atoms with E-state index >= 15 is 0 Å². The van der Waals surface area contributed by atoms with Gasteiger partial charge in [0.15, 0.2) is 0 Å². The number of ether oxygens (including phenoxy) is 1. The molecule has 0 unspecified atom stereocenters. The van der Waals surface area contributed by atoms with Crippen molar-refractivity contribution in [2.24, 2.45) is 0 Å². The molecule has 0 aromatic carbocycles. The lowest BCUT2D eigenvalue weighted by Crippen LogP contribution is -2.34. The van der Waals surface area contributed by atoms with Crippen molar-refractivity contribution in [1.29, 1.82) is 0 Å². The van der Waals surface area contributed by atoms with E-state index in [0.29, 0.717) is 11.4 Å². The van der Waals surface area contributed by atoms with Gasteiger partial charge in [0.2, 0.25) is 0 Å². The highest BCUT2D eigenvalue weighted by Gasteiger charge is 2.27. The molecule has 4 heteroatoms. The fourth-order valence-corrected chi connectivity index (χ4v) is 1.81. The van der Waals surface area contributed by atoms with Gasteiger partial charge in [-0.3, -0.25) is 0 Å². The number of hydrogen-bond donors (Lipinski definition) is 1. The summed E-state index contributed by atoms with van der Waals surface area (Å²) in [6, 6.07) is 0.155. The van der Waals surface area contributed by atoms with Gasteiger partial charge in [-0.2, -0.15) is 0 Å². The maximum absolute atomic E-state index is 10.6. The fourth-order valence-electron chi connectivity index (χ4n) is 1.07. The Bertz CT molecular complexity index is 151. The predicted molar refractivity (Wildman–Crippen MR) is 45.9 cm³/mol. The van der Waals surface area contributed by atoms with Crippen LogP contribution < -0.4 is 5.32 Å². The second-order valence-electron chi connectivity index (χ2n) is 2.65. The molecule has 0 aromatic heterocycles. The molecule has 0 spiro atoms. The third-order valence-electron chi connectivity index (χ3n) is 1.70. The maximum Gasteiger partial charge on any atom is 0.407 e. The van der Waals surface area contributed by atoms with Gasteiger partial charge < -0.3 is 10.1 Å². The van der Waals surface area contributed by atoms with E-state index in [2.05, 4.69) is 28.2 Å². The van der Waals surface area contributed by atoms with Crippen LogP contribution >= 0.6 is 15.9 Å². The zero-order valence-electron chi connectivity index (χ0n) is 6.47. The molecule has 1 heterocycles. The van der Waals surface area contributed by atoms with E-state index < -0.39 is 0 Å². The van der Waals surface area contributed by atoms with Crippen molar-refractivity contribution in [2.75, 3.05) is 6.61 Å². The standard InChI is InChI=1S/C7H12BrNO2/c1-2-3-5(8)6-4-11-7(10)9-6/h5-6H,2-4H2,1H3,(H,9,10)/t5-,6+/m1/s1. The van der Waals surface area contributed by atoms with Crippen molar-refractivity contribution >= 4 is 22.0 Å². The first kappa shape index (κ1) is 8.84. The molecule has 1 fully saturated rings. The molecule has 1 aliphatic rings. The van der Waals surface area contributed by atoms with E-state index in [0.717, 1.165) is 12.8 Å². The van der Waals surface area contributed by atoms with Crippen LogP contribution in [0.2, 0.25) is 0 Å². The Morgan fingerprint density at radius 2 is 2.64 bits per heavy atom. The topological polar surface area (TPSA) is 38.3 Å². The molecule has 1 saturated heterocycles. The molecule has 2 atom stereocenters. The first-order valence-corrected chi connectivity index (χ1v) is 4.73. The SMILES string of the molecule is CCC[C@@H](Br)[C@@H]1COC(=O)N1. The number of cyclic esters (lactones) is 1. The molecule has 11 heavy (non-hydrogen) atoms. The summed E-state index contributed by atoms with van der Waals surface area (Å²) in [4.78, 5) is 11.0. The molecule has 0 saturated carbocycles. The summed E-state index contributed by atoms with van der Waals surface area (Å²) in [5.74, 6) is 0. The lowest BCUT2D eigenvalue weighted by Gasteiger charge is -2.13. The summed E-state index contributed by atoms with van der Waals surface area (Å²) in [5.41, 5.74) is 0. The van der Waals surface area contributed by atoms with Crippen LogP contribution in [0.3, 0.4) is 0 Å². The molecule has 0 aliphatic carbocycles. The molecule has 1 aliphatic heterocycles. The van der Waals surface area contributed by atoms with Crippen LogP contribution in [0.5, 0.6) is 0 Å². The van der Waals surface area contributed by atoms with E-state index in [1.54, 1.807) is 0 Å². The van der Waals surface area contributed by atoms with Crippen LogP contribution in [-0.4, -0.2) is 23.6 Å². The molecule has 3 nitrogen and oxygen atoms in total. The quantitative estimate of drug-likeness (QED) is 0.737. The normalized spacial score (nSPS) is 26.0. The number of carbonyl (C=O) groups is 1. The molecule has 1 amide bonds. The number of amides is 1. The Labute approximate surface area is 74.6 Å². The second-order valence-corrected chi connectivity index (χ2v) is 3.83. The zero-order chi connectivity index (χ0) is 8.27. The highest BCUT2D eigenvalue weighted by atomic mass is 79.9. The number of nitrogens with one attached hydrogen (secondary N) is 1. The molecular formula is C7H12BrNO2. The average Bonchev–Trinajstić information content (AvgIpc) is 2.36. The predicted octanol–water partition coefficient (Wildman–Crippen LogP) is 1.66. The van der Waals surface area contributed by atoms with E-state index in [1.807, 2.05) is 0 Å². The highest BCUT2D eigenvalue weighted by Crippen LogP contribution is 2.15. The van der Waals surface area contributed by atoms with Crippen molar-refractivity contribution < 1.29 is 9.53 Å². The zero-order valence-corrected chi connectivity index (χ0v) is 8.06. The molecule has 0 aromatic rings. The summed E-state index contributed by atoms with van der Waals surface area (Å²) in [7, 11) is 0. The number of alkyl halides is 1. The van der Waals surface area contributed by atoms with Crippen LogP contribution in [0.1, 0.15) is 19.8 Å². The third-order valence-corrected chi connectivity index (χ3v) is 2.79. The summed E-state index contributed by atoms with van der Waals surface area (Å²) in [6.45, 7) is 2.61. The first-order valence-electron chi connectivity index (χ1n) is 3.81. The van der Waals surface area contributed by atoms with Gasteiger partial charge in [-0.25, -0.2) is 4.79 Å². The minimum atomic E-state index is -0.296. The molecular weight excluding hydrogens is 210 g/mol. The summed E-state index contributed by atoms with van der Waals surface area (Å²) in [6.07, 6.45) is 1.88. The van der Waals surface area contributed by atoms with Gasteiger partial charge in [-0.05, 0) is 6.42 Å². The number of alkyl carbamates (subject to hydrolysis) is 1. The lowest BCUT2D eigenvalue weighted by atomic mass is 10.1. The molecule has 0 radical (unpaired) electrons. The van der Waals surface area contributed by atoms with Gasteiger partial charge in [-0.15, -0.1) is 0 Å². The summed E-state index contributed by atoms with van der Waals surface area (Å²) >= 11 is 3.50. The van der Waals surface area contributed by atoms with Crippen molar-refractivity contribution in [3.8, 4) is 0 Å². The number of rotatable bonds is 3. The minimum absolute atomic E-state index is 0.155. The largest absolute Gasteiger partial charge is 0.447 e. The van der Waals surface area contributed by atoms with Crippen LogP contribution in [0, 0.1) is 0 Å². The van der Waals surface area contributed by atoms with Crippen molar-refractivity contribution in [3.05, 3.63) is 0 Å². The number of carbonyl (C=O) groups excluding carboxylic acids is 1. The monoisotopic (exact) mass is 221 g/mol. The Morgan fingerprint density at radius 3 is 3.09 bits per heavy atom. The number of hydrogen-bond acceptors (Lipinski definition) is 2. The van der Waals surface area contributed by atoms with Crippen LogP contribution in [0.15, 0.2) is 0 Å². The van der Waals surface area contributed by atoms with Gasteiger partial charge in [0.1, 0.15) is 6.61 Å². The average molecular weight is 222 g/mol. The third kappa shape index (κ3) is 2.36. The summed E-state index contributed by atoms with van der Waals surface area (Å²) < 4.78 is 4.75. The molecule has 1 rings (SSSR count). The molecule has 64 valence electrons. The highest BCUT2D eigenvalue weighted by molar-refractivity contribution is 9.09. The molecule has 0 bridgehead atoms. The van der Waals surface area contributed by atoms with Crippen LogP contribution in [-0.2, 0) is 4.74 Å². The Hall–Kier alpha value is -0.250. The van der Waals surface area contributed by atoms with Gasteiger partial charge in [-0.1, -0.05) is 29.3 Å². The Balaban J connectivity index is 2.30. The maximum atomic E-state index is 10.6. The van der Waals surface area contributed by atoms with Crippen LogP contribution in [0.4, 0.5) is 4.79 Å². The van der Waals surface area contributed by atoms with Gasteiger partial charge in [0, 0.05) is 4.83 Å². The Morgan fingerprint density at radius 1 is 1.91 bits per heavy atom. The first-order chi connectivity index (χ1) is 5.24. The molecule has 1 N–H and O–H groups in total. The lowest BCUT2D eigenvalue weighted by molar-refractivity contribution is 0.176. The van der Waals surface area contributed by atoms with E-state index in [4.69, 9.17) is 4.74 Å². The fraction of sp³-hybridized carbons (Fsp3) is 0.857. The van der Waals surface area contributed by atoms with E-state index in [1.165, 1.54) is 0 Å². The van der Waals surface area contributed by atoms with Crippen LogP contribution in [0.25, 0.3) is 0 Å². The number of halogens is 1. The van der Waals surface area contributed by atoms with E-state index in [9.17, 15) is 4.79 Å². The van der Waals surface area contributed by atoms with Crippen molar-refractivity contribution in [1.82, 2.24) is 5.32 Å².